The maximum Gasteiger partial charge on any atom is 0.492 e. The number of rotatable bonds is 3. The minimum absolute atomic E-state index is 0.115. The molecule has 0 fully saturated rings. The summed E-state index contributed by atoms with van der Waals surface area (Å²) in [6.07, 6.45) is 0.325. The van der Waals surface area contributed by atoms with E-state index in [0.717, 1.165) is 6.07 Å². The second-order valence-corrected chi connectivity index (χ2v) is 2.58. The van der Waals surface area contributed by atoms with Crippen LogP contribution in [0.25, 0.3) is 0 Å². The summed E-state index contributed by atoms with van der Waals surface area (Å²) in [5, 5.41) is 17.7. The van der Waals surface area contributed by atoms with Crippen molar-refractivity contribution in [2.45, 2.75) is 0 Å². The highest BCUT2D eigenvalue weighted by Gasteiger charge is 2.21. The molecule has 0 aliphatic carbocycles. The Kier molecular flexibility index (Phi) is 3.21. The van der Waals surface area contributed by atoms with Gasteiger partial charge in [0, 0.05) is 5.46 Å². The standard InChI is InChI=1S/C8H8BFO4/c1-14-8-6(9(12)13)3-2-5(4-11)7(8)10/h2-4,12-13H,1H3. The molecule has 0 aliphatic heterocycles. The molecule has 1 aromatic rings. The topological polar surface area (TPSA) is 66.8 Å². The van der Waals surface area contributed by atoms with Crippen LogP contribution in [-0.2, 0) is 0 Å². The molecule has 4 nitrogen and oxygen atoms in total. The van der Waals surface area contributed by atoms with Gasteiger partial charge >= 0.3 is 7.12 Å². The van der Waals surface area contributed by atoms with E-state index in [-0.39, 0.29) is 16.8 Å². The third kappa shape index (κ3) is 1.76. The third-order valence-electron chi connectivity index (χ3n) is 1.77. The fourth-order valence-electron chi connectivity index (χ4n) is 1.09. The molecule has 0 saturated heterocycles. The largest absolute Gasteiger partial charge is 0.494 e. The lowest BCUT2D eigenvalue weighted by Gasteiger charge is -2.09. The van der Waals surface area contributed by atoms with Gasteiger partial charge in [0.2, 0.25) is 0 Å². The Hall–Kier alpha value is -1.40. The first kappa shape index (κ1) is 10.7. The Morgan fingerprint density at radius 1 is 1.50 bits per heavy atom. The first-order valence-electron chi connectivity index (χ1n) is 3.79. The average molecular weight is 198 g/mol. The zero-order chi connectivity index (χ0) is 10.7. The number of aldehydes is 1. The Labute approximate surface area is 80.1 Å². The van der Waals surface area contributed by atoms with Gasteiger partial charge in [-0.05, 0) is 6.07 Å². The van der Waals surface area contributed by atoms with Gasteiger partial charge < -0.3 is 14.8 Å². The molecule has 1 rings (SSSR count). The Balaban J connectivity index is 3.35. The van der Waals surface area contributed by atoms with Crippen molar-refractivity contribution in [2.75, 3.05) is 7.11 Å². The maximum atomic E-state index is 13.3. The monoisotopic (exact) mass is 198 g/mol. The maximum absolute atomic E-state index is 13.3. The van der Waals surface area contributed by atoms with Gasteiger partial charge in [0.1, 0.15) is 0 Å². The van der Waals surface area contributed by atoms with E-state index < -0.39 is 12.9 Å². The molecule has 0 spiro atoms. The van der Waals surface area contributed by atoms with Crippen LogP contribution in [0.5, 0.6) is 5.75 Å². The van der Waals surface area contributed by atoms with Crippen LogP contribution in [0, 0.1) is 5.82 Å². The van der Waals surface area contributed by atoms with Crippen molar-refractivity contribution >= 4 is 18.9 Å². The van der Waals surface area contributed by atoms with E-state index >= 15 is 0 Å². The molecule has 0 amide bonds. The van der Waals surface area contributed by atoms with Crippen LogP contribution in [0.4, 0.5) is 4.39 Å². The molecule has 0 saturated carbocycles. The van der Waals surface area contributed by atoms with Gasteiger partial charge in [-0.25, -0.2) is 4.39 Å². The molecule has 0 heterocycles. The highest BCUT2D eigenvalue weighted by molar-refractivity contribution is 6.59. The average Bonchev–Trinajstić information content (AvgIpc) is 2.17. The van der Waals surface area contributed by atoms with Gasteiger partial charge in [0.05, 0.1) is 12.7 Å². The van der Waals surface area contributed by atoms with Crippen LogP contribution in [0.3, 0.4) is 0 Å². The van der Waals surface area contributed by atoms with Crippen LogP contribution in [0.1, 0.15) is 10.4 Å². The first-order valence-corrected chi connectivity index (χ1v) is 3.79. The summed E-state index contributed by atoms with van der Waals surface area (Å²) in [7, 11) is -0.654. The van der Waals surface area contributed by atoms with Gasteiger partial charge in [-0.2, -0.15) is 0 Å². The fourth-order valence-corrected chi connectivity index (χ4v) is 1.09. The van der Waals surface area contributed by atoms with Crippen molar-refractivity contribution in [3.8, 4) is 5.75 Å². The highest BCUT2D eigenvalue weighted by atomic mass is 19.1. The summed E-state index contributed by atoms with van der Waals surface area (Å²) in [5.41, 5.74) is -0.304. The molecule has 14 heavy (non-hydrogen) atoms. The number of benzene rings is 1. The molecule has 0 bridgehead atoms. The van der Waals surface area contributed by atoms with Gasteiger partial charge in [0.15, 0.2) is 17.9 Å². The second-order valence-electron chi connectivity index (χ2n) is 2.58. The molecule has 2 N–H and O–H groups in total. The number of methoxy groups -OCH3 is 1. The predicted octanol–water partition coefficient (Wildman–Crippen LogP) is -0.673. The molecule has 0 atom stereocenters. The Morgan fingerprint density at radius 3 is 2.57 bits per heavy atom. The molecule has 0 unspecified atom stereocenters. The van der Waals surface area contributed by atoms with E-state index in [1.54, 1.807) is 0 Å². The number of carbonyl (C=O) groups excluding carboxylic acids is 1. The third-order valence-corrected chi connectivity index (χ3v) is 1.77. The van der Waals surface area contributed by atoms with Crippen molar-refractivity contribution in [2.24, 2.45) is 0 Å². The van der Waals surface area contributed by atoms with Crippen molar-refractivity contribution in [3.05, 3.63) is 23.5 Å². The number of hydrogen-bond acceptors (Lipinski definition) is 4. The summed E-state index contributed by atoms with van der Waals surface area (Å²) < 4.78 is 17.9. The summed E-state index contributed by atoms with van der Waals surface area (Å²) >= 11 is 0. The van der Waals surface area contributed by atoms with Crippen molar-refractivity contribution in [3.63, 3.8) is 0 Å². The lowest BCUT2D eigenvalue weighted by atomic mass is 9.79. The molecule has 6 heteroatoms. The van der Waals surface area contributed by atoms with Crippen molar-refractivity contribution < 1.29 is 24.0 Å². The molecule has 0 radical (unpaired) electrons. The fraction of sp³-hybridized carbons (Fsp3) is 0.125. The summed E-state index contributed by atoms with van der Waals surface area (Å²) in [6.45, 7) is 0. The van der Waals surface area contributed by atoms with E-state index in [1.165, 1.54) is 13.2 Å². The predicted molar refractivity (Wildman–Crippen MR) is 48.2 cm³/mol. The quantitative estimate of drug-likeness (QED) is 0.499. The number of hydrogen-bond donors (Lipinski definition) is 2. The number of carbonyl (C=O) groups is 1. The van der Waals surface area contributed by atoms with Gasteiger partial charge in [-0.3, -0.25) is 4.79 Å². The lowest BCUT2D eigenvalue weighted by molar-refractivity contribution is 0.111. The minimum atomic E-state index is -1.83. The molecule has 0 aromatic heterocycles. The minimum Gasteiger partial charge on any atom is -0.494 e. The zero-order valence-electron chi connectivity index (χ0n) is 7.40. The smallest absolute Gasteiger partial charge is 0.492 e. The van der Waals surface area contributed by atoms with E-state index in [0.29, 0.717) is 6.29 Å². The summed E-state index contributed by atoms with van der Waals surface area (Å²) in [5.74, 6) is -1.22. The van der Waals surface area contributed by atoms with Crippen LogP contribution in [0.2, 0.25) is 0 Å². The Morgan fingerprint density at radius 2 is 2.14 bits per heavy atom. The Bertz CT molecular complexity index is 353. The van der Waals surface area contributed by atoms with Crippen LogP contribution in [-0.4, -0.2) is 30.6 Å². The van der Waals surface area contributed by atoms with Crippen LogP contribution in [0.15, 0.2) is 12.1 Å². The van der Waals surface area contributed by atoms with Crippen molar-refractivity contribution in [1.29, 1.82) is 0 Å². The summed E-state index contributed by atoms with van der Waals surface area (Å²) in [4.78, 5) is 10.4. The number of ether oxygens (including phenoxy) is 1. The first-order chi connectivity index (χ1) is 6.61. The van der Waals surface area contributed by atoms with E-state index in [4.69, 9.17) is 10.0 Å². The molecule has 1 aromatic carbocycles. The van der Waals surface area contributed by atoms with Gasteiger partial charge in [0.25, 0.3) is 0 Å². The molecule has 74 valence electrons. The van der Waals surface area contributed by atoms with Crippen molar-refractivity contribution in [1.82, 2.24) is 0 Å². The van der Waals surface area contributed by atoms with E-state index in [9.17, 15) is 9.18 Å². The highest BCUT2D eigenvalue weighted by Crippen LogP contribution is 2.16. The normalized spacial score (nSPS) is 9.71. The number of halogens is 1. The zero-order valence-corrected chi connectivity index (χ0v) is 7.40. The summed E-state index contributed by atoms with van der Waals surface area (Å²) in [6, 6.07) is 2.37. The van der Waals surface area contributed by atoms with Crippen LogP contribution >= 0.6 is 0 Å². The van der Waals surface area contributed by atoms with Crippen LogP contribution < -0.4 is 10.2 Å². The second kappa shape index (κ2) is 4.21. The molecular weight excluding hydrogens is 190 g/mol. The van der Waals surface area contributed by atoms with Gasteiger partial charge in [-0.15, -0.1) is 0 Å². The lowest BCUT2D eigenvalue weighted by Crippen LogP contribution is -2.32. The molecule has 0 aliphatic rings. The SMILES string of the molecule is COc1c(B(O)O)ccc(C=O)c1F. The molecular formula is C8H8BFO4. The van der Waals surface area contributed by atoms with Gasteiger partial charge in [-0.1, -0.05) is 6.07 Å². The van der Waals surface area contributed by atoms with E-state index in [2.05, 4.69) is 4.74 Å². The van der Waals surface area contributed by atoms with E-state index in [1.807, 2.05) is 0 Å².